The third-order valence-corrected chi connectivity index (χ3v) is 2.77. The molecule has 0 fully saturated rings. The van der Waals surface area contributed by atoms with E-state index in [1.165, 1.54) is 0 Å². The summed E-state index contributed by atoms with van der Waals surface area (Å²) in [5.41, 5.74) is 7.77. The van der Waals surface area contributed by atoms with Crippen LogP contribution in [0.2, 0.25) is 0 Å². The number of hydrogen-bond donors (Lipinski definition) is 1. The van der Waals surface area contributed by atoms with Gasteiger partial charge in [-0.15, -0.1) is 0 Å². The Labute approximate surface area is 111 Å². The van der Waals surface area contributed by atoms with Gasteiger partial charge in [0.25, 0.3) is 0 Å². The number of likely N-dealkylation sites (N-methyl/N-ethyl adjacent to an activating group) is 2. The lowest BCUT2D eigenvalue weighted by Gasteiger charge is -2.17. The topological polar surface area (TPSA) is 75.6 Å². The Kier molecular flexibility index (Phi) is 3.71. The zero-order valence-electron chi connectivity index (χ0n) is 11.4. The molecule has 0 aliphatic rings. The number of hydrogen-bond acceptors (Lipinski definition) is 5. The van der Waals surface area contributed by atoms with Crippen LogP contribution in [0.3, 0.4) is 0 Å². The highest BCUT2D eigenvalue weighted by molar-refractivity contribution is 5.78. The normalized spacial score (nSPS) is 11.2. The highest BCUT2D eigenvalue weighted by Crippen LogP contribution is 2.18. The molecule has 0 bridgehead atoms. The van der Waals surface area contributed by atoms with Crippen LogP contribution < -0.4 is 5.73 Å². The average molecular weight is 262 g/mol. The van der Waals surface area contributed by atoms with Crippen molar-refractivity contribution in [2.75, 3.05) is 33.4 Å². The fourth-order valence-electron chi connectivity index (χ4n) is 1.72. The first-order valence-corrected chi connectivity index (χ1v) is 5.99. The molecule has 0 spiro atoms. The molecule has 6 heteroatoms. The van der Waals surface area contributed by atoms with Crippen molar-refractivity contribution in [3.8, 4) is 0 Å². The zero-order chi connectivity index (χ0) is 14.0. The first-order valence-electron chi connectivity index (χ1n) is 5.99. The maximum absolute atomic E-state index is 11.6. The molecule has 6 nitrogen and oxygen atoms in total. The van der Waals surface area contributed by atoms with E-state index in [0.717, 1.165) is 5.52 Å². The van der Waals surface area contributed by atoms with Crippen LogP contribution in [-0.4, -0.2) is 48.4 Å². The van der Waals surface area contributed by atoms with Gasteiger partial charge in [0.2, 0.25) is 11.8 Å². The quantitative estimate of drug-likeness (QED) is 0.830. The van der Waals surface area contributed by atoms with Gasteiger partial charge in [-0.05, 0) is 19.2 Å². The van der Waals surface area contributed by atoms with Crippen molar-refractivity contribution >= 4 is 22.7 Å². The van der Waals surface area contributed by atoms with Gasteiger partial charge in [0.1, 0.15) is 5.52 Å². The SMILES string of the molecule is CN(CC(=O)N(C)C)Cc1nc2ccc(N)cc2o1. The molecule has 1 amide bonds. The van der Waals surface area contributed by atoms with Crippen molar-refractivity contribution in [2.24, 2.45) is 0 Å². The summed E-state index contributed by atoms with van der Waals surface area (Å²) in [5.74, 6) is 0.623. The molecule has 2 aromatic rings. The number of nitrogens with zero attached hydrogens (tertiary/aromatic N) is 3. The summed E-state index contributed by atoms with van der Waals surface area (Å²) in [6.45, 7) is 0.808. The molecule has 2 N–H and O–H groups in total. The molecule has 19 heavy (non-hydrogen) atoms. The Balaban J connectivity index is 2.06. The molecule has 0 saturated heterocycles. The third kappa shape index (κ3) is 3.23. The minimum absolute atomic E-state index is 0.0443. The Morgan fingerprint density at radius 2 is 2.11 bits per heavy atom. The van der Waals surface area contributed by atoms with Crippen molar-refractivity contribution in [3.05, 3.63) is 24.1 Å². The summed E-state index contributed by atoms with van der Waals surface area (Å²) in [4.78, 5) is 19.4. The number of nitrogen functional groups attached to an aromatic ring is 1. The number of nitrogens with two attached hydrogens (primary N) is 1. The van der Waals surface area contributed by atoms with Gasteiger partial charge in [0.05, 0.1) is 13.1 Å². The minimum atomic E-state index is 0.0443. The monoisotopic (exact) mass is 262 g/mol. The molecule has 1 aromatic carbocycles. The summed E-state index contributed by atoms with van der Waals surface area (Å²) in [7, 11) is 5.32. The van der Waals surface area contributed by atoms with E-state index in [1.807, 2.05) is 18.0 Å². The number of fused-ring (bicyclic) bond motifs is 1. The van der Waals surface area contributed by atoms with Crippen LogP contribution in [0.25, 0.3) is 11.1 Å². The summed E-state index contributed by atoms with van der Waals surface area (Å²) in [6.07, 6.45) is 0. The Morgan fingerprint density at radius 1 is 1.37 bits per heavy atom. The van der Waals surface area contributed by atoms with Crippen molar-refractivity contribution < 1.29 is 9.21 Å². The highest BCUT2D eigenvalue weighted by atomic mass is 16.3. The molecule has 0 atom stereocenters. The van der Waals surface area contributed by atoms with Gasteiger partial charge in [0.15, 0.2) is 5.58 Å². The molecule has 0 radical (unpaired) electrons. The van der Waals surface area contributed by atoms with Gasteiger partial charge in [-0.25, -0.2) is 4.98 Å². The molecular formula is C13H18N4O2. The number of benzene rings is 1. The van der Waals surface area contributed by atoms with Gasteiger partial charge in [-0.1, -0.05) is 0 Å². The average Bonchev–Trinajstić information content (AvgIpc) is 2.69. The van der Waals surface area contributed by atoms with Gasteiger partial charge in [-0.2, -0.15) is 0 Å². The zero-order valence-corrected chi connectivity index (χ0v) is 11.4. The van der Waals surface area contributed by atoms with Crippen LogP contribution in [0.1, 0.15) is 5.89 Å². The number of carbonyl (C=O) groups is 1. The Morgan fingerprint density at radius 3 is 2.79 bits per heavy atom. The van der Waals surface area contributed by atoms with Crippen LogP contribution in [-0.2, 0) is 11.3 Å². The van der Waals surface area contributed by atoms with Crippen molar-refractivity contribution in [1.82, 2.24) is 14.8 Å². The molecule has 102 valence electrons. The van der Waals surface area contributed by atoms with E-state index in [0.29, 0.717) is 30.3 Å². The fourth-order valence-corrected chi connectivity index (χ4v) is 1.72. The minimum Gasteiger partial charge on any atom is -0.439 e. The van der Waals surface area contributed by atoms with E-state index in [1.54, 1.807) is 31.1 Å². The second-order valence-corrected chi connectivity index (χ2v) is 4.80. The predicted octanol–water partition coefficient (Wildman–Crippen LogP) is 0.930. The largest absolute Gasteiger partial charge is 0.439 e. The summed E-state index contributed by atoms with van der Waals surface area (Å²) < 4.78 is 5.60. The molecule has 0 aliphatic heterocycles. The Bertz CT molecular complexity index is 591. The smallest absolute Gasteiger partial charge is 0.236 e. The number of oxazole rings is 1. The van der Waals surface area contributed by atoms with E-state index < -0.39 is 0 Å². The number of amides is 1. The number of rotatable bonds is 4. The summed E-state index contributed by atoms with van der Waals surface area (Å²) >= 11 is 0. The van der Waals surface area contributed by atoms with E-state index >= 15 is 0 Å². The van der Waals surface area contributed by atoms with Gasteiger partial charge in [-0.3, -0.25) is 9.69 Å². The number of carbonyl (C=O) groups excluding carboxylic acids is 1. The lowest BCUT2D eigenvalue weighted by molar-refractivity contribution is -0.129. The van der Waals surface area contributed by atoms with Crippen LogP contribution in [0, 0.1) is 0 Å². The van der Waals surface area contributed by atoms with Crippen LogP contribution in [0.15, 0.2) is 22.6 Å². The van der Waals surface area contributed by atoms with Crippen molar-refractivity contribution in [2.45, 2.75) is 6.54 Å². The number of aromatic nitrogens is 1. The van der Waals surface area contributed by atoms with E-state index in [4.69, 9.17) is 10.2 Å². The highest BCUT2D eigenvalue weighted by Gasteiger charge is 2.12. The van der Waals surface area contributed by atoms with Crippen LogP contribution >= 0.6 is 0 Å². The Hall–Kier alpha value is -2.08. The second-order valence-electron chi connectivity index (χ2n) is 4.80. The standard InChI is InChI=1S/C13H18N4O2/c1-16(2)13(18)8-17(3)7-12-15-10-5-4-9(14)6-11(10)19-12/h4-6H,7-8,14H2,1-3H3. The van der Waals surface area contributed by atoms with E-state index in [2.05, 4.69) is 4.98 Å². The third-order valence-electron chi connectivity index (χ3n) is 2.77. The molecule has 0 aliphatic carbocycles. The molecule has 2 rings (SSSR count). The second kappa shape index (κ2) is 5.27. The molecule has 1 aromatic heterocycles. The van der Waals surface area contributed by atoms with Crippen LogP contribution in [0.4, 0.5) is 5.69 Å². The number of anilines is 1. The lowest BCUT2D eigenvalue weighted by Crippen LogP contribution is -2.34. The van der Waals surface area contributed by atoms with Crippen molar-refractivity contribution in [3.63, 3.8) is 0 Å². The van der Waals surface area contributed by atoms with Crippen molar-refractivity contribution in [1.29, 1.82) is 0 Å². The fraction of sp³-hybridized carbons (Fsp3) is 0.385. The van der Waals surface area contributed by atoms with E-state index in [9.17, 15) is 4.79 Å². The van der Waals surface area contributed by atoms with E-state index in [-0.39, 0.29) is 5.91 Å². The van der Waals surface area contributed by atoms with Gasteiger partial charge >= 0.3 is 0 Å². The first-order chi connectivity index (χ1) is 8.95. The maximum Gasteiger partial charge on any atom is 0.236 e. The maximum atomic E-state index is 11.6. The first kappa shape index (κ1) is 13.4. The summed E-state index contributed by atoms with van der Waals surface area (Å²) in [5, 5.41) is 0. The van der Waals surface area contributed by atoms with Crippen LogP contribution in [0.5, 0.6) is 0 Å². The van der Waals surface area contributed by atoms with Gasteiger partial charge in [0, 0.05) is 25.8 Å². The summed E-state index contributed by atoms with van der Waals surface area (Å²) in [6, 6.07) is 5.35. The predicted molar refractivity (Wildman–Crippen MR) is 73.4 cm³/mol. The molecule has 0 saturated carbocycles. The molecule has 1 heterocycles. The molecular weight excluding hydrogens is 244 g/mol. The molecule has 0 unspecified atom stereocenters. The lowest BCUT2D eigenvalue weighted by atomic mass is 10.3. The van der Waals surface area contributed by atoms with Gasteiger partial charge < -0.3 is 15.1 Å².